The first kappa shape index (κ1) is 20.9. The van der Waals surface area contributed by atoms with Gasteiger partial charge in [0.1, 0.15) is 19.0 Å². The Bertz CT molecular complexity index is 1480. The molecule has 0 saturated carbocycles. The first-order valence-corrected chi connectivity index (χ1v) is 10.4. The lowest BCUT2D eigenvalue weighted by Gasteiger charge is -2.31. The predicted molar refractivity (Wildman–Crippen MR) is 115 cm³/mol. The van der Waals surface area contributed by atoms with Crippen molar-refractivity contribution in [3.05, 3.63) is 72.6 Å². The second-order valence-corrected chi connectivity index (χ2v) is 8.16. The van der Waals surface area contributed by atoms with Crippen LogP contribution in [0.5, 0.6) is 0 Å². The summed E-state index contributed by atoms with van der Waals surface area (Å²) in [6.45, 7) is 3.37. The summed E-state index contributed by atoms with van der Waals surface area (Å²) in [6, 6.07) is 4.59. The van der Waals surface area contributed by atoms with E-state index < -0.39 is 17.4 Å². The van der Waals surface area contributed by atoms with Gasteiger partial charge in [0, 0.05) is 28.1 Å². The number of benzene rings is 1. The third-order valence-electron chi connectivity index (χ3n) is 6.46. The number of hydrogen-bond acceptors (Lipinski definition) is 6. The lowest BCUT2D eigenvalue weighted by atomic mass is 9.86. The van der Waals surface area contributed by atoms with Gasteiger partial charge >= 0.3 is 5.97 Å². The first-order valence-electron chi connectivity index (χ1n) is 10.4. The molecule has 0 radical (unpaired) electrons. The Kier molecular flexibility index (Phi) is 4.62. The fourth-order valence-corrected chi connectivity index (χ4v) is 4.64. The largest absolute Gasteiger partial charge is 0.458 e. The summed E-state index contributed by atoms with van der Waals surface area (Å²) in [5, 5.41) is 15.0. The van der Waals surface area contributed by atoms with Crippen LogP contribution in [-0.2, 0) is 34.8 Å². The van der Waals surface area contributed by atoms with Gasteiger partial charge in [-0.25, -0.2) is 14.2 Å². The third-order valence-corrected chi connectivity index (χ3v) is 6.46. The highest BCUT2D eigenvalue weighted by Gasteiger charge is 2.45. The van der Waals surface area contributed by atoms with E-state index in [0.29, 0.717) is 39.0 Å². The van der Waals surface area contributed by atoms with Crippen molar-refractivity contribution in [3.8, 4) is 11.4 Å². The van der Waals surface area contributed by atoms with Gasteiger partial charge in [-0.2, -0.15) is 4.91 Å². The summed E-state index contributed by atoms with van der Waals surface area (Å²) in [5.74, 6) is -1.23. The van der Waals surface area contributed by atoms with Gasteiger partial charge in [-0.3, -0.25) is 10.2 Å². The average Bonchev–Trinajstić information content (AvgIpc) is 3.16. The van der Waals surface area contributed by atoms with Gasteiger partial charge in [0.25, 0.3) is 5.56 Å². The molecule has 33 heavy (non-hydrogen) atoms. The molecule has 168 valence electrons. The van der Waals surface area contributed by atoms with Crippen molar-refractivity contribution in [3.63, 3.8) is 0 Å². The first-order chi connectivity index (χ1) is 15.8. The molecule has 1 atom stereocenters. The zero-order valence-corrected chi connectivity index (χ0v) is 17.8. The number of ether oxygens (including phenoxy) is 1. The molecule has 0 bridgehead atoms. The second-order valence-electron chi connectivity index (χ2n) is 8.16. The fraction of sp³-hybridized carbons (Fsp3) is 0.318. The molecule has 2 aliphatic heterocycles. The van der Waals surface area contributed by atoms with Gasteiger partial charge in [-0.05, 0) is 36.3 Å². The number of halogens is 1. The number of fused-ring (bicyclic) bond motifs is 5. The van der Waals surface area contributed by atoms with Gasteiger partial charge in [0.2, 0.25) is 0 Å². The quantitative estimate of drug-likeness (QED) is 0.161. The number of nitrogens with one attached hydrogen (secondary N) is 1. The van der Waals surface area contributed by atoms with Crippen LogP contribution in [0.25, 0.3) is 32.7 Å². The molecule has 0 fully saturated rings. The van der Waals surface area contributed by atoms with Crippen LogP contribution in [0.4, 0.5) is 4.39 Å². The molecule has 2 aromatic heterocycles. The third kappa shape index (κ3) is 2.90. The molecular formula is C22H19FN6O4. The van der Waals surface area contributed by atoms with E-state index in [4.69, 9.17) is 10.3 Å². The van der Waals surface area contributed by atoms with Crippen LogP contribution in [0.3, 0.4) is 0 Å². The van der Waals surface area contributed by atoms with Crippen molar-refractivity contribution in [2.75, 3.05) is 0 Å². The normalized spacial score (nSPS) is 18.2. The number of carbonyl (C=O) groups is 1. The van der Waals surface area contributed by atoms with Gasteiger partial charge in [-0.15, -0.1) is 5.53 Å². The van der Waals surface area contributed by atoms with Crippen LogP contribution in [0, 0.1) is 12.7 Å². The zero-order chi connectivity index (χ0) is 23.5. The van der Waals surface area contributed by atoms with E-state index in [-0.39, 0.29) is 42.8 Å². The van der Waals surface area contributed by atoms with Crippen molar-refractivity contribution in [2.45, 2.75) is 45.6 Å². The lowest BCUT2D eigenvalue weighted by molar-refractivity contribution is -0.172. The molecule has 11 heteroatoms. The van der Waals surface area contributed by atoms with E-state index in [0.717, 1.165) is 0 Å². The van der Waals surface area contributed by atoms with E-state index in [1.807, 2.05) is 0 Å². The minimum Gasteiger partial charge on any atom is -0.458 e. The monoisotopic (exact) mass is 450 g/mol. The van der Waals surface area contributed by atoms with E-state index in [9.17, 15) is 19.1 Å². The zero-order valence-electron chi connectivity index (χ0n) is 17.8. The van der Waals surface area contributed by atoms with Crippen LogP contribution in [0.2, 0.25) is 0 Å². The average molecular weight is 450 g/mol. The molecule has 3 aromatic rings. The Morgan fingerprint density at radius 2 is 2.15 bits per heavy atom. The Hall–Kier alpha value is -3.95. The number of aliphatic hydroxyl groups is 1. The molecule has 0 aliphatic carbocycles. The van der Waals surface area contributed by atoms with Crippen LogP contribution in [0.15, 0.2) is 28.2 Å². The van der Waals surface area contributed by atoms with Crippen molar-refractivity contribution < 1.29 is 19.0 Å². The van der Waals surface area contributed by atoms with Gasteiger partial charge in [0.15, 0.2) is 5.60 Å². The molecule has 2 N–H and O–H groups in total. The molecule has 0 unspecified atom stereocenters. The van der Waals surface area contributed by atoms with Gasteiger partial charge < -0.3 is 14.4 Å². The number of azide groups is 1. The minimum absolute atomic E-state index is 0.0333. The highest BCUT2D eigenvalue weighted by atomic mass is 19.1. The number of hydrogen-bond donors (Lipinski definition) is 2. The smallest absolute Gasteiger partial charge is 0.343 e. The summed E-state index contributed by atoms with van der Waals surface area (Å²) in [6.07, 6.45) is 0.0333. The maximum Gasteiger partial charge on any atom is 0.343 e. The van der Waals surface area contributed by atoms with Crippen molar-refractivity contribution >= 4 is 16.9 Å². The van der Waals surface area contributed by atoms with Crippen LogP contribution in [-0.4, -0.2) is 20.6 Å². The molecule has 0 spiro atoms. The predicted octanol–water partition coefficient (Wildman–Crippen LogP) is 2.84. The summed E-state index contributed by atoms with van der Waals surface area (Å²) in [4.78, 5) is 33.0. The summed E-state index contributed by atoms with van der Waals surface area (Å²) in [5.41, 5.74) is 12.5. The lowest BCUT2D eigenvalue weighted by Crippen LogP contribution is -2.44. The Balaban J connectivity index is 1.81. The molecule has 5 rings (SSSR count). The van der Waals surface area contributed by atoms with Crippen LogP contribution < -0.4 is 11.0 Å². The highest BCUT2D eigenvalue weighted by molar-refractivity contribution is 5.89. The summed E-state index contributed by atoms with van der Waals surface area (Å²) >= 11 is 0. The molecule has 10 nitrogen and oxygen atoms in total. The Labute approximate surface area is 186 Å². The van der Waals surface area contributed by atoms with Crippen molar-refractivity contribution in [1.29, 1.82) is 0 Å². The molecule has 1 aromatic carbocycles. The topological polar surface area (TPSA) is 142 Å². The van der Waals surface area contributed by atoms with E-state index in [2.05, 4.69) is 20.5 Å². The van der Waals surface area contributed by atoms with E-state index in [1.165, 1.54) is 10.6 Å². The maximum absolute atomic E-state index is 14.4. The fourth-order valence-electron chi connectivity index (χ4n) is 4.64. The minimum atomic E-state index is -1.93. The second kappa shape index (κ2) is 7.29. The number of pyridine rings is 2. The van der Waals surface area contributed by atoms with Gasteiger partial charge in [0.05, 0.1) is 29.0 Å². The maximum atomic E-state index is 14.4. The number of esters is 1. The summed E-state index contributed by atoms with van der Waals surface area (Å²) in [7, 11) is 0. The van der Waals surface area contributed by atoms with Gasteiger partial charge in [-0.1, -0.05) is 6.92 Å². The summed E-state index contributed by atoms with van der Waals surface area (Å²) < 4.78 is 20.9. The standard InChI is InChI=1S/C22H19FN6O4/c1-3-22(32)15-5-18-19-13(8-29(18)20(30)14(15)9-33-21(22)31)12(7-25-28-27-24)11-4-10(2)16(23)6-17(11)26-19/h4-6,25,32H,3,7-9H2,1-2H3/t22-/m0/s1. The molecule has 2 aliphatic rings. The van der Waals surface area contributed by atoms with Crippen LogP contribution >= 0.6 is 0 Å². The Morgan fingerprint density at radius 3 is 2.88 bits per heavy atom. The number of cyclic esters (lactones) is 1. The number of aromatic nitrogens is 2. The molecule has 0 saturated heterocycles. The van der Waals surface area contributed by atoms with Crippen molar-refractivity contribution in [2.24, 2.45) is 5.22 Å². The number of nitrogens with zero attached hydrogens (tertiary/aromatic N) is 5. The molecular weight excluding hydrogens is 431 g/mol. The Morgan fingerprint density at radius 1 is 1.36 bits per heavy atom. The van der Waals surface area contributed by atoms with Crippen molar-refractivity contribution in [1.82, 2.24) is 15.0 Å². The number of rotatable bonds is 4. The SMILES string of the molecule is CC[C@@]1(O)C(=O)OCc2c1cc1n(c2=O)Cc2c-1nc1cc(F)c(C)cc1c2CNN=[N+]=[N-]. The van der Waals surface area contributed by atoms with Crippen LogP contribution in [0.1, 0.15) is 41.2 Å². The molecule has 0 amide bonds. The van der Waals surface area contributed by atoms with E-state index in [1.54, 1.807) is 26.0 Å². The molecule has 4 heterocycles. The van der Waals surface area contributed by atoms with E-state index >= 15 is 0 Å². The highest BCUT2D eigenvalue weighted by Crippen LogP contribution is 2.40. The number of carbonyl (C=O) groups excluding carboxylic acids is 1. The number of aryl methyl sites for hydroxylation is 1.